The SMILES string of the molecule is O=C(CCNC(=O)c1ccco1)OCC(=O)c1cc(F)ccc1F. The number of furan rings is 1. The number of halogens is 2. The van der Waals surface area contributed by atoms with Crippen LogP contribution in [0.15, 0.2) is 41.0 Å². The predicted molar refractivity (Wildman–Crippen MR) is 77.3 cm³/mol. The molecule has 0 unspecified atom stereocenters. The Kier molecular flexibility index (Phi) is 5.78. The van der Waals surface area contributed by atoms with Crippen LogP contribution in [-0.4, -0.2) is 30.8 Å². The quantitative estimate of drug-likeness (QED) is 0.618. The third-order valence-electron chi connectivity index (χ3n) is 2.95. The van der Waals surface area contributed by atoms with Gasteiger partial charge >= 0.3 is 5.97 Å². The largest absolute Gasteiger partial charge is 0.459 e. The highest BCUT2D eigenvalue weighted by Crippen LogP contribution is 2.10. The lowest BCUT2D eigenvalue weighted by molar-refractivity contribution is -0.142. The number of carbonyl (C=O) groups is 3. The minimum Gasteiger partial charge on any atom is -0.459 e. The zero-order valence-electron chi connectivity index (χ0n) is 12.4. The number of hydrogen-bond acceptors (Lipinski definition) is 5. The summed E-state index contributed by atoms with van der Waals surface area (Å²) in [5.41, 5.74) is -0.492. The lowest BCUT2D eigenvalue weighted by Crippen LogP contribution is -2.26. The molecule has 2 aromatic rings. The van der Waals surface area contributed by atoms with Crippen molar-refractivity contribution in [3.8, 4) is 0 Å². The van der Waals surface area contributed by atoms with Gasteiger partial charge in [0.25, 0.3) is 5.91 Å². The predicted octanol–water partition coefficient (Wildman–Crippen LogP) is 2.10. The van der Waals surface area contributed by atoms with Crippen molar-refractivity contribution in [3.05, 3.63) is 59.6 Å². The first-order chi connectivity index (χ1) is 11.5. The van der Waals surface area contributed by atoms with Crippen LogP contribution in [0.25, 0.3) is 0 Å². The molecule has 2 rings (SSSR count). The first kappa shape index (κ1) is 17.3. The summed E-state index contributed by atoms with van der Waals surface area (Å²) < 4.78 is 35.9. The summed E-state index contributed by atoms with van der Waals surface area (Å²) in [5.74, 6) is -3.69. The van der Waals surface area contributed by atoms with E-state index in [-0.39, 0.29) is 18.7 Å². The highest BCUT2D eigenvalue weighted by molar-refractivity contribution is 5.98. The minimum absolute atomic E-state index is 0.0269. The van der Waals surface area contributed by atoms with Crippen molar-refractivity contribution in [2.75, 3.05) is 13.2 Å². The lowest BCUT2D eigenvalue weighted by Gasteiger charge is -2.06. The topological polar surface area (TPSA) is 85.6 Å². The van der Waals surface area contributed by atoms with Gasteiger partial charge in [0.05, 0.1) is 18.2 Å². The van der Waals surface area contributed by atoms with E-state index in [1.165, 1.54) is 12.3 Å². The molecule has 1 aromatic heterocycles. The van der Waals surface area contributed by atoms with Crippen LogP contribution in [0.4, 0.5) is 8.78 Å². The fourth-order valence-electron chi connectivity index (χ4n) is 1.78. The number of benzene rings is 1. The van der Waals surface area contributed by atoms with Crippen molar-refractivity contribution in [2.24, 2.45) is 0 Å². The molecule has 0 aliphatic heterocycles. The molecule has 1 N–H and O–H groups in total. The normalized spacial score (nSPS) is 10.2. The van der Waals surface area contributed by atoms with Crippen molar-refractivity contribution >= 4 is 17.7 Å². The van der Waals surface area contributed by atoms with Crippen molar-refractivity contribution in [3.63, 3.8) is 0 Å². The zero-order valence-corrected chi connectivity index (χ0v) is 12.4. The first-order valence-corrected chi connectivity index (χ1v) is 6.93. The molecule has 0 aliphatic rings. The third-order valence-corrected chi connectivity index (χ3v) is 2.95. The number of esters is 1. The fraction of sp³-hybridized carbons (Fsp3) is 0.188. The average Bonchev–Trinajstić information content (AvgIpc) is 3.09. The highest BCUT2D eigenvalue weighted by Gasteiger charge is 2.15. The number of rotatable bonds is 7. The number of hydrogen-bond donors (Lipinski definition) is 1. The van der Waals surface area contributed by atoms with E-state index in [2.05, 4.69) is 10.1 Å². The monoisotopic (exact) mass is 337 g/mol. The van der Waals surface area contributed by atoms with Crippen LogP contribution in [0.2, 0.25) is 0 Å². The molecule has 0 saturated heterocycles. The highest BCUT2D eigenvalue weighted by atomic mass is 19.1. The Labute approximate surface area is 135 Å². The summed E-state index contributed by atoms with van der Waals surface area (Å²) in [7, 11) is 0. The second kappa shape index (κ2) is 8.00. The summed E-state index contributed by atoms with van der Waals surface area (Å²) in [6.45, 7) is -0.744. The molecule has 24 heavy (non-hydrogen) atoms. The van der Waals surface area contributed by atoms with Crippen LogP contribution in [0.1, 0.15) is 27.3 Å². The molecule has 8 heteroatoms. The molecule has 0 bridgehead atoms. The Hall–Kier alpha value is -3.03. The van der Waals surface area contributed by atoms with Crippen molar-refractivity contribution < 1.29 is 32.3 Å². The van der Waals surface area contributed by atoms with Crippen LogP contribution < -0.4 is 5.32 Å². The lowest BCUT2D eigenvalue weighted by atomic mass is 10.1. The average molecular weight is 337 g/mol. The smallest absolute Gasteiger partial charge is 0.308 e. The van der Waals surface area contributed by atoms with Crippen LogP contribution in [0, 0.1) is 11.6 Å². The number of carbonyl (C=O) groups excluding carboxylic acids is 3. The molecule has 6 nitrogen and oxygen atoms in total. The van der Waals surface area contributed by atoms with E-state index >= 15 is 0 Å². The van der Waals surface area contributed by atoms with Gasteiger partial charge in [-0.3, -0.25) is 14.4 Å². The maximum atomic E-state index is 13.4. The zero-order chi connectivity index (χ0) is 17.5. The Morgan fingerprint density at radius 3 is 2.67 bits per heavy atom. The fourth-order valence-corrected chi connectivity index (χ4v) is 1.78. The van der Waals surface area contributed by atoms with Gasteiger partial charge in [-0.15, -0.1) is 0 Å². The number of nitrogens with one attached hydrogen (secondary N) is 1. The second-order valence-corrected chi connectivity index (χ2v) is 4.69. The summed E-state index contributed by atoms with van der Waals surface area (Å²) in [5, 5.41) is 2.42. The maximum absolute atomic E-state index is 13.4. The van der Waals surface area contributed by atoms with Crippen molar-refractivity contribution in [2.45, 2.75) is 6.42 Å². The van der Waals surface area contributed by atoms with Crippen LogP contribution in [-0.2, 0) is 9.53 Å². The third kappa shape index (κ3) is 4.73. The standard InChI is InChI=1S/C16H13F2NO5/c17-10-3-4-12(18)11(8-10)13(20)9-24-15(21)5-6-19-16(22)14-2-1-7-23-14/h1-4,7-8H,5-6,9H2,(H,19,22). The van der Waals surface area contributed by atoms with Gasteiger partial charge in [-0.1, -0.05) is 0 Å². The maximum Gasteiger partial charge on any atom is 0.308 e. The summed E-state index contributed by atoms with van der Waals surface area (Å²) >= 11 is 0. The number of amides is 1. The number of ketones is 1. The van der Waals surface area contributed by atoms with Gasteiger partial charge < -0.3 is 14.5 Å². The number of Topliss-reactive ketones (excluding diaryl/α,β-unsaturated/α-hetero) is 1. The Balaban J connectivity index is 1.74. The van der Waals surface area contributed by atoms with Gasteiger partial charge in [-0.05, 0) is 30.3 Å². The molecule has 0 saturated carbocycles. The van der Waals surface area contributed by atoms with E-state index in [9.17, 15) is 23.2 Å². The van der Waals surface area contributed by atoms with E-state index in [4.69, 9.17) is 4.42 Å². The van der Waals surface area contributed by atoms with Crippen molar-refractivity contribution in [1.29, 1.82) is 0 Å². The second-order valence-electron chi connectivity index (χ2n) is 4.69. The van der Waals surface area contributed by atoms with Crippen LogP contribution in [0.5, 0.6) is 0 Å². The summed E-state index contributed by atoms with van der Waals surface area (Å²) in [6.07, 6.45) is 1.14. The Bertz CT molecular complexity index is 743. The molecule has 0 fully saturated rings. The Morgan fingerprint density at radius 2 is 1.96 bits per heavy atom. The van der Waals surface area contributed by atoms with E-state index < -0.39 is 41.5 Å². The molecule has 1 heterocycles. The minimum atomic E-state index is -0.900. The summed E-state index contributed by atoms with van der Waals surface area (Å²) in [6, 6.07) is 5.42. The van der Waals surface area contributed by atoms with Gasteiger partial charge in [0, 0.05) is 6.54 Å². The Morgan fingerprint density at radius 1 is 1.17 bits per heavy atom. The number of ether oxygens (including phenoxy) is 1. The first-order valence-electron chi connectivity index (χ1n) is 6.93. The molecular formula is C16H13F2NO5. The van der Waals surface area contributed by atoms with E-state index in [0.29, 0.717) is 0 Å². The van der Waals surface area contributed by atoms with Crippen molar-refractivity contribution in [1.82, 2.24) is 5.32 Å². The van der Waals surface area contributed by atoms with E-state index in [0.717, 1.165) is 18.2 Å². The van der Waals surface area contributed by atoms with Gasteiger partial charge in [0.15, 0.2) is 12.4 Å². The molecule has 1 aromatic carbocycles. The van der Waals surface area contributed by atoms with Gasteiger partial charge in [-0.2, -0.15) is 0 Å². The molecular weight excluding hydrogens is 324 g/mol. The molecule has 0 radical (unpaired) electrons. The molecule has 0 spiro atoms. The van der Waals surface area contributed by atoms with Gasteiger partial charge in [0.2, 0.25) is 5.78 Å². The summed E-state index contributed by atoms with van der Waals surface area (Å²) in [4.78, 5) is 34.7. The van der Waals surface area contributed by atoms with Gasteiger partial charge in [0.1, 0.15) is 11.6 Å². The molecule has 1 amide bonds. The van der Waals surface area contributed by atoms with Crippen LogP contribution in [0.3, 0.4) is 0 Å². The molecule has 126 valence electrons. The van der Waals surface area contributed by atoms with Crippen LogP contribution >= 0.6 is 0 Å². The molecule has 0 aliphatic carbocycles. The van der Waals surface area contributed by atoms with Gasteiger partial charge in [-0.25, -0.2) is 8.78 Å². The van der Waals surface area contributed by atoms with E-state index in [1.54, 1.807) is 6.07 Å². The molecule has 0 atom stereocenters. The van der Waals surface area contributed by atoms with E-state index in [1.807, 2.05) is 0 Å².